The summed E-state index contributed by atoms with van der Waals surface area (Å²) in [5, 5.41) is 8.27. The van der Waals surface area contributed by atoms with E-state index in [1.165, 1.54) is 12.1 Å². The lowest BCUT2D eigenvalue weighted by Crippen LogP contribution is -2.14. The molecule has 0 saturated heterocycles. The molecule has 0 aromatic heterocycles. The fourth-order valence-corrected chi connectivity index (χ4v) is 3.82. The number of nitrogens with zero attached hydrogens (tertiary/aromatic N) is 1. The Labute approximate surface area is 125 Å². The van der Waals surface area contributed by atoms with Crippen LogP contribution in [0.4, 0.5) is 0 Å². The van der Waals surface area contributed by atoms with E-state index in [-0.39, 0.29) is 10.8 Å². The van der Waals surface area contributed by atoms with E-state index < -0.39 is 15.1 Å². The summed E-state index contributed by atoms with van der Waals surface area (Å²) in [7, 11) is -3.72. The van der Waals surface area contributed by atoms with E-state index in [9.17, 15) is 13.7 Å². The second-order valence-corrected chi connectivity index (χ2v) is 7.18. The molecule has 0 fully saturated rings. The molecule has 2 aromatic rings. The number of rotatable bonds is 4. The molecule has 2 aromatic carbocycles. The third-order valence-corrected chi connectivity index (χ3v) is 5.31. The van der Waals surface area contributed by atoms with Crippen LogP contribution < -0.4 is 0 Å². The minimum Gasteiger partial charge on any atom is -0.222 e. The summed E-state index contributed by atoms with van der Waals surface area (Å²) < 4.78 is 25.4. The molecular formula is C17H17NO2S. The Kier molecular flexibility index (Phi) is 4.44. The highest BCUT2D eigenvalue weighted by molar-refractivity contribution is 7.92. The van der Waals surface area contributed by atoms with Gasteiger partial charge in [0, 0.05) is 0 Å². The van der Waals surface area contributed by atoms with Crippen LogP contribution in [-0.4, -0.2) is 8.42 Å². The van der Waals surface area contributed by atoms with Crippen LogP contribution >= 0.6 is 0 Å². The SMILES string of the molecule is CC(C)c1ccccc1C(C#N)S(=O)(=O)c1ccccc1. The van der Waals surface area contributed by atoms with Gasteiger partial charge in [0.2, 0.25) is 0 Å². The molecule has 108 valence electrons. The van der Waals surface area contributed by atoms with Gasteiger partial charge in [-0.1, -0.05) is 56.3 Å². The van der Waals surface area contributed by atoms with Gasteiger partial charge < -0.3 is 0 Å². The van der Waals surface area contributed by atoms with E-state index in [0.29, 0.717) is 5.56 Å². The first-order chi connectivity index (χ1) is 9.98. The van der Waals surface area contributed by atoms with Crippen LogP contribution in [0, 0.1) is 11.3 Å². The molecule has 0 N–H and O–H groups in total. The van der Waals surface area contributed by atoms with E-state index in [1.54, 1.807) is 30.3 Å². The maximum atomic E-state index is 12.7. The Morgan fingerprint density at radius 2 is 1.43 bits per heavy atom. The third-order valence-electron chi connectivity index (χ3n) is 3.40. The van der Waals surface area contributed by atoms with Gasteiger partial charge in [-0.25, -0.2) is 8.42 Å². The van der Waals surface area contributed by atoms with Crippen LogP contribution in [0.25, 0.3) is 0 Å². The van der Waals surface area contributed by atoms with Crippen LogP contribution in [0.3, 0.4) is 0 Å². The zero-order chi connectivity index (χ0) is 15.5. The van der Waals surface area contributed by atoms with E-state index >= 15 is 0 Å². The van der Waals surface area contributed by atoms with E-state index in [2.05, 4.69) is 0 Å². The number of sulfone groups is 1. The monoisotopic (exact) mass is 299 g/mol. The predicted molar refractivity (Wildman–Crippen MR) is 82.5 cm³/mol. The van der Waals surface area contributed by atoms with Crippen molar-refractivity contribution < 1.29 is 8.42 Å². The van der Waals surface area contributed by atoms with Gasteiger partial charge in [-0.05, 0) is 29.2 Å². The van der Waals surface area contributed by atoms with Crippen molar-refractivity contribution in [3.05, 3.63) is 65.7 Å². The highest BCUT2D eigenvalue weighted by Gasteiger charge is 2.31. The minimum absolute atomic E-state index is 0.156. The predicted octanol–water partition coefficient (Wildman–Crippen LogP) is 3.85. The van der Waals surface area contributed by atoms with Gasteiger partial charge in [0.05, 0.1) is 11.0 Å². The summed E-state index contributed by atoms with van der Waals surface area (Å²) >= 11 is 0. The normalized spacial score (nSPS) is 12.9. The molecule has 0 radical (unpaired) electrons. The molecule has 0 aliphatic carbocycles. The molecule has 2 rings (SSSR count). The van der Waals surface area contributed by atoms with Crippen LogP contribution in [0.15, 0.2) is 59.5 Å². The molecule has 0 spiro atoms. The fourth-order valence-electron chi connectivity index (χ4n) is 2.33. The van der Waals surface area contributed by atoms with Crippen molar-refractivity contribution >= 4 is 9.84 Å². The van der Waals surface area contributed by atoms with Gasteiger partial charge >= 0.3 is 0 Å². The van der Waals surface area contributed by atoms with Gasteiger partial charge in [-0.15, -0.1) is 0 Å². The maximum absolute atomic E-state index is 12.7. The largest absolute Gasteiger partial charge is 0.222 e. The number of nitriles is 1. The highest BCUT2D eigenvalue weighted by atomic mass is 32.2. The fraction of sp³-hybridized carbons (Fsp3) is 0.235. The Morgan fingerprint density at radius 3 is 1.95 bits per heavy atom. The van der Waals surface area contributed by atoms with Gasteiger partial charge in [-0.2, -0.15) is 5.26 Å². The van der Waals surface area contributed by atoms with Crippen LogP contribution in [0.2, 0.25) is 0 Å². The standard InChI is InChI=1S/C17H17NO2S/c1-13(2)15-10-6-7-11-16(15)17(12-18)21(19,20)14-8-4-3-5-9-14/h3-11,13,17H,1-2H3. The second-order valence-electron chi connectivity index (χ2n) is 5.15. The molecule has 0 aliphatic heterocycles. The van der Waals surface area contributed by atoms with Crippen molar-refractivity contribution in [2.75, 3.05) is 0 Å². The first kappa shape index (κ1) is 15.3. The lowest BCUT2D eigenvalue weighted by Gasteiger charge is -2.17. The zero-order valence-corrected chi connectivity index (χ0v) is 12.8. The highest BCUT2D eigenvalue weighted by Crippen LogP contribution is 2.33. The molecule has 0 saturated carbocycles. The van der Waals surface area contributed by atoms with Gasteiger partial charge in [0.25, 0.3) is 0 Å². The molecule has 0 aliphatic rings. The molecule has 0 amide bonds. The minimum atomic E-state index is -3.72. The Hall–Kier alpha value is -2.12. The summed E-state index contributed by atoms with van der Waals surface area (Å²) in [6.07, 6.45) is 0. The molecular weight excluding hydrogens is 282 g/mol. The lowest BCUT2D eigenvalue weighted by molar-refractivity contribution is 0.590. The number of hydrogen-bond donors (Lipinski definition) is 0. The number of hydrogen-bond acceptors (Lipinski definition) is 3. The van der Waals surface area contributed by atoms with Crippen LogP contribution in [-0.2, 0) is 9.84 Å². The molecule has 0 bridgehead atoms. The van der Waals surface area contributed by atoms with E-state index in [1.807, 2.05) is 32.0 Å². The second kappa shape index (κ2) is 6.11. The Morgan fingerprint density at radius 1 is 0.905 bits per heavy atom. The summed E-state index contributed by atoms with van der Waals surface area (Å²) in [4.78, 5) is 0.176. The first-order valence-electron chi connectivity index (χ1n) is 6.76. The molecule has 3 nitrogen and oxygen atoms in total. The smallest absolute Gasteiger partial charge is 0.198 e. The first-order valence-corrected chi connectivity index (χ1v) is 8.30. The zero-order valence-electron chi connectivity index (χ0n) is 12.0. The van der Waals surface area contributed by atoms with E-state index in [0.717, 1.165) is 5.56 Å². The molecule has 21 heavy (non-hydrogen) atoms. The van der Waals surface area contributed by atoms with Crippen LogP contribution in [0.1, 0.15) is 36.1 Å². The molecule has 0 heterocycles. The van der Waals surface area contributed by atoms with Crippen molar-refractivity contribution in [2.45, 2.75) is 29.9 Å². The molecule has 1 unspecified atom stereocenters. The van der Waals surface area contributed by atoms with Gasteiger partial charge in [0.15, 0.2) is 15.1 Å². The molecule has 1 atom stereocenters. The number of benzene rings is 2. The average molecular weight is 299 g/mol. The van der Waals surface area contributed by atoms with Crippen molar-refractivity contribution in [3.63, 3.8) is 0 Å². The topological polar surface area (TPSA) is 57.9 Å². The Balaban J connectivity index is 2.59. The summed E-state index contributed by atoms with van der Waals surface area (Å²) in [6.45, 7) is 3.98. The van der Waals surface area contributed by atoms with Gasteiger partial charge in [-0.3, -0.25) is 0 Å². The quantitative estimate of drug-likeness (QED) is 0.861. The van der Waals surface area contributed by atoms with Crippen molar-refractivity contribution in [1.29, 1.82) is 5.26 Å². The van der Waals surface area contributed by atoms with Crippen molar-refractivity contribution in [3.8, 4) is 6.07 Å². The summed E-state index contributed by atoms with van der Waals surface area (Å²) in [6, 6.07) is 17.3. The Bertz CT molecular complexity index is 759. The summed E-state index contributed by atoms with van der Waals surface area (Å²) in [5.41, 5.74) is 1.46. The summed E-state index contributed by atoms with van der Waals surface area (Å²) in [5.74, 6) is 0.156. The van der Waals surface area contributed by atoms with E-state index in [4.69, 9.17) is 0 Å². The lowest BCUT2D eigenvalue weighted by atomic mass is 9.95. The molecule has 4 heteroatoms. The van der Waals surface area contributed by atoms with Gasteiger partial charge in [0.1, 0.15) is 0 Å². The maximum Gasteiger partial charge on any atom is 0.198 e. The van der Waals surface area contributed by atoms with Crippen molar-refractivity contribution in [2.24, 2.45) is 0 Å². The van der Waals surface area contributed by atoms with Crippen LogP contribution in [0.5, 0.6) is 0 Å². The van der Waals surface area contributed by atoms with Crippen molar-refractivity contribution in [1.82, 2.24) is 0 Å². The average Bonchev–Trinajstić information content (AvgIpc) is 2.49. The third kappa shape index (κ3) is 2.98.